The molecule has 0 aliphatic carbocycles. The zero-order chi connectivity index (χ0) is 22.8. The molecule has 1 atom stereocenters. The normalized spacial score (nSPS) is 20.8. The number of halogens is 1. The number of nitrogens with zero attached hydrogens (tertiary/aromatic N) is 6. The summed E-state index contributed by atoms with van der Waals surface area (Å²) in [5.74, 6) is 0.601. The van der Waals surface area contributed by atoms with Gasteiger partial charge in [0.15, 0.2) is 5.82 Å². The van der Waals surface area contributed by atoms with E-state index in [1.165, 1.54) is 6.07 Å². The Balaban J connectivity index is 1.44. The number of benzene rings is 1. The molecule has 5 rings (SSSR count). The van der Waals surface area contributed by atoms with Gasteiger partial charge >= 0.3 is 0 Å². The number of piperidine rings is 1. The van der Waals surface area contributed by atoms with Crippen LogP contribution in [0.5, 0.6) is 0 Å². The van der Waals surface area contributed by atoms with Gasteiger partial charge in [0.25, 0.3) is 0 Å². The lowest BCUT2D eigenvalue weighted by atomic mass is 9.72. The van der Waals surface area contributed by atoms with Crippen molar-refractivity contribution in [3.8, 4) is 5.82 Å². The number of carbonyl (C=O) groups is 1. The third-order valence-electron chi connectivity index (χ3n) is 7.09. The van der Waals surface area contributed by atoms with E-state index in [1.54, 1.807) is 37.1 Å². The van der Waals surface area contributed by atoms with E-state index in [0.29, 0.717) is 18.8 Å². The number of hydrogen-bond donors (Lipinski definition) is 0. The second kappa shape index (κ2) is 9.02. The van der Waals surface area contributed by atoms with Crippen molar-refractivity contribution in [2.45, 2.75) is 38.1 Å². The Morgan fingerprint density at radius 1 is 1.18 bits per heavy atom. The molecule has 0 spiro atoms. The van der Waals surface area contributed by atoms with Crippen molar-refractivity contribution < 1.29 is 9.18 Å². The highest BCUT2D eigenvalue weighted by Crippen LogP contribution is 2.41. The van der Waals surface area contributed by atoms with Gasteiger partial charge in [-0.3, -0.25) is 14.3 Å². The van der Waals surface area contributed by atoms with Gasteiger partial charge in [0, 0.05) is 18.9 Å². The van der Waals surface area contributed by atoms with Crippen LogP contribution in [0.4, 0.5) is 4.39 Å². The van der Waals surface area contributed by atoms with Gasteiger partial charge in [-0.1, -0.05) is 12.1 Å². The van der Waals surface area contributed by atoms with Crippen LogP contribution in [-0.2, 0) is 11.2 Å². The highest BCUT2D eigenvalue weighted by molar-refractivity contribution is 5.84. The molecule has 172 valence electrons. The van der Waals surface area contributed by atoms with Crippen molar-refractivity contribution >= 4 is 5.91 Å². The molecule has 2 aliphatic rings. The maximum atomic E-state index is 14.2. The molecule has 4 heterocycles. The minimum atomic E-state index is -0.529. The largest absolute Gasteiger partial charge is 0.334 e. The van der Waals surface area contributed by atoms with Crippen molar-refractivity contribution in [1.82, 2.24) is 29.3 Å². The number of likely N-dealkylation sites (tertiary alicyclic amines) is 2. The third-order valence-corrected chi connectivity index (χ3v) is 7.09. The average molecular weight is 449 g/mol. The van der Waals surface area contributed by atoms with Crippen LogP contribution >= 0.6 is 0 Å². The summed E-state index contributed by atoms with van der Waals surface area (Å²) in [6, 6.07) is 6.58. The molecule has 1 aromatic carbocycles. The van der Waals surface area contributed by atoms with E-state index in [2.05, 4.69) is 21.9 Å². The summed E-state index contributed by atoms with van der Waals surface area (Å²) < 4.78 is 15.7. The first-order valence-electron chi connectivity index (χ1n) is 11.6. The number of imidazole rings is 1. The van der Waals surface area contributed by atoms with E-state index in [-0.39, 0.29) is 17.8 Å². The molecule has 1 amide bonds. The van der Waals surface area contributed by atoms with Gasteiger partial charge in [-0.2, -0.15) is 0 Å². The van der Waals surface area contributed by atoms with E-state index in [1.807, 2.05) is 21.7 Å². The van der Waals surface area contributed by atoms with Crippen molar-refractivity contribution in [2.75, 3.05) is 26.7 Å². The Kier molecular flexibility index (Phi) is 5.93. The summed E-state index contributed by atoms with van der Waals surface area (Å²) in [5.41, 5.74) is 1.16. The highest BCUT2D eigenvalue weighted by Gasteiger charge is 2.46. The molecule has 3 aromatic rings. The van der Waals surface area contributed by atoms with Crippen LogP contribution in [0.3, 0.4) is 0 Å². The van der Waals surface area contributed by atoms with Crippen LogP contribution in [0.1, 0.15) is 43.0 Å². The zero-order valence-electron chi connectivity index (χ0n) is 18.9. The first kappa shape index (κ1) is 21.7. The van der Waals surface area contributed by atoms with Crippen LogP contribution in [-0.4, -0.2) is 61.9 Å². The number of aromatic nitrogens is 4. The predicted molar refractivity (Wildman–Crippen MR) is 122 cm³/mol. The monoisotopic (exact) mass is 448 g/mol. The van der Waals surface area contributed by atoms with E-state index in [0.717, 1.165) is 50.0 Å². The smallest absolute Gasteiger partial charge is 0.229 e. The second-order valence-electron chi connectivity index (χ2n) is 9.32. The van der Waals surface area contributed by atoms with Crippen LogP contribution in [0.2, 0.25) is 0 Å². The Bertz CT molecular complexity index is 1110. The van der Waals surface area contributed by atoms with Crippen molar-refractivity contribution in [2.24, 2.45) is 5.41 Å². The molecule has 0 unspecified atom stereocenters. The summed E-state index contributed by atoms with van der Waals surface area (Å²) in [7, 11) is 2.09. The highest BCUT2D eigenvalue weighted by atomic mass is 19.1. The topological polar surface area (TPSA) is 67.2 Å². The first-order valence-corrected chi connectivity index (χ1v) is 11.6. The Labute approximate surface area is 193 Å². The molecule has 0 saturated carbocycles. The van der Waals surface area contributed by atoms with Crippen molar-refractivity contribution in [3.05, 3.63) is 72.5 Å². The molecule has 0 radical (unpaired) electrons. The second-order valence-corrected chi connectivity index (χ2v) is 9.32. The molecule has 2 aromatic heterocycles. The molecule has 0 N–H and O–H groups in total. The molecule has 0 bridgehead atoms. The van der Waals surface area contributed by atoms with E-state index >= 15 is 0 Å². The fraction of sp³-hybridized carbons (Fsp3) is 0.440. The fourth-order valence-electron chi connectivity index (χ4n) is 5.22. The number of rotatable bonds is 5. The van der Waals surface area contributed by atoms with Gasteiger partial charge in [0.1, 0.15) is 12.1 Å². The molecule has 2 saturated heterocycles. The zero-order valence-corrected chi connectivity index (χ0v) is 18.9. The van der Waals surface area contributed by atoms with E-state index in [4.69, 9.17) is 4.98 Å². The predicted octanol–water partition coefficient (Wildman–Crippen LogP) is 3.42. The lowest BCUT2D eigenvalue weighted by molar-refractivity contribution is -0.146. The fourth-order valence-corrected chi connectivity index (χ4v) is 5.22. The quantitative estimate of drug-likeness (QED) is 0.598. The lowest BCUT2D eigenvalue weighted by Gasteiger charge is -2.43. The maximum absolute atomic E-state index is 14.2. The summed E-state index contributed by atoms with van der Waals surface area (Å²) in [6.45, 7) is 2.42. The van der Waals surface area contributed by atoms with Gasteiger partial charge in [-0.25, -0.2) is 14.4 Å². The lowest BCUT2D eigenvalue weighted by Crippen LogP contribution is -2.50. The standard InChI is InChI=1S/C25H29FN6O/c1-30-11-7-25(8-12-30,15-19-4-2-5-20(26)14-19)24(33)32-10-3-6-22(32)21-16-28-17-23(29-21)31-13-9-27-18-31/h2,4-5,9,13-14,16-18,22H,3,6-8,10-12,15H2,1H3/t22-/m0/s1. The molecule has 2 fully saturated rings. The summed E-state index contributed by atoms with van der Waals surface area (Å²) in [5, 5.41) is 0. The van der Waals surface area contributed by atoms with E-state index < -0.39 is 5.41 Å². The van der Waals surface area contributed by atoms with Gasteiger partial charge in [-0.05, 0) is 69.9 Å². The third kappa shape index (κ3) is 4.39. The average Bonchev–Trinajstić information content (AvgIpc) is 3.53. The minimum Gasteiger partial charge on any atom is -0.334 e. The van der Waals surface area contributed by atoms with Gasteiger partial charge in [0.2, 0.25) is 5.91 Å². The Morgan fingerprint density at radius 2 is 2.03 bits per heavy atom. The minimum absolute atomic E-state index is 0.0995. The first-order chi connectivity index (χ1) is 16.0. The Morgan fingerprint density at radius 3 is 2.79 bits per heavy atom. The molecule has 7 nitrogen and oxygen atoms in total. The van der Waals surface area contributed by atoms with Crippen LogP contribution in [0.25, 0.3) is 5.82 Å². The van der Waals surface area contributed by atoms with Crippen LogP contribution in [0, 0.1) is 11.2 Å². The number of hydrogen-bond acceptors (Lipinski definition) is 5. The molecular formula is C25H29FN6O. The SMILES string of the molecule is CN1CCC(Cc2cccc(F)c2)(C(=O)N2CCC[C@H]2c2cncc(-n3ccnc3)n2)CC1. The Hall–Kier alpha value is -3.13. The molecular weight excluding hydrogens is 419 g/mol. The van der Waals surface area contributed by atoms with Crippen LogP contribution < -0.4 is 0 Å². The van der Waals surface area contributed by atoms with Gasteiger partial charge in [-0.15, -0.1) is 0 Å². The van der Waals surface area contributed by atoms with Gasteiger partial charge in [0.05, 0.1) is 29.5 Å². The maximum Gasteiger partial charge on any atom is 0.229 e. The molecule has 8 heteroatoms. The number of carbonyl (C=O) groups excluding carboxylic acids is 1. The summed E-state index contributed by atoms with van der Waals surface area (Å²) in [4.78, 5) is 31.7. The van der Waals surface area contributed by atoms with Crippen LogP contribution in [0.15, 0.2) is 55.4 Å². The van der Waals surface area contributed by atoms with E-state index in [9.17, 15) is 9.18 Å². The van der Waals surface area contributed by atoms with Crippen molar-refractivity contribution in [3.63, 3.8) is 0 Å². The van der Waals surface area contributed by atoms with Gasteiger partial charge < -0.3 is 9.80 Å². The molecule has 2 aliphatic heterocycles. The van der Waals surface area contributed by atoms with Crippen molar-refractivity contribution in [1.29, 1.82) is 0 Å². The summed E-state index contributed by atoms with van der Waals surface area (Å²) in [6.07, 6.45) is 12.6. The molecule has 33 heavy (non-hydrogen) atoms. The summed E-state index contributed by atoms with van der Waals surface area (Å²) >= 11 is 0. The number of amides is 1.